The molecule has 1 aromatic rings. The van der Waals surface area contributed by atoms with E-state index in [4.69, 9.17) is 0 Å². The monoisotopic (exact) mass is 276 g/mol. The summed E-state index contributed by atoms with van der Waals surface area (Å²) in [5.41, 5.74) is 4.48. The largest absolute Gasteiger partial charge is 0.322 e. The van der Waals surface area contributed by atoms with Gasteiger partial charge in [0.05, 0.1) is 0 Å². The Bertz CT molecular complexity index is 421. The lowest BCUT2D eigenvalue weighted by atomic mass is 10.2. The zero-order chi connectivity index (χ0) is 13.6. The van der Waals surface area contributed by atoms with Crippen LogP contribution in [0.3, 0.4) is 0 Å². The smallest absolute Gasteiger partial charge is 0.273 e. The summed E-state index contributed by atoms with van der Waals surface area (Å²) in [4.78, 5) is 22.6. The van der Waals surface area contributed by atoms with Crippen LogP contribution in [0.2, 0.25) is 0 Å². The van der Waals surface area contributed by atoms with Gasteiger partial charge in [0.1, 0.15) is 0 Å². The highest BCUT2D eigenvalue weighted by Crippen LogP contribution is 2.24. The first-order chi connectivity index (χ1) is 8.38. The van der Waals surface area contributed by atoms with Crippen LogP contribution in [0.5, 0.6) is 0 Å². The van der Waals surface area contributed by atoms with Gasteiger partial charge in [0.2, 0.25) is 5.91 Å². The van der Waals surface area contributed by atoms with Crippen LogP contribution in [0.15, 0.2) is 30.3 Å². The molecule has 0 spiro atoms. The fraction of sp³-hybridized carbons (Fsp3) is 0.273. The molecule has 0 aliphatic heterocycles. The van der Waals surface area contributed by atoms with Gasteiger partial charge >= 0.3 is 5.38 Å². The summed E-state index contributed by atoms with van der Waals surface area (Å²) < 4.78 is 24.5. The standard InChI is InChI=1S/C11H11ClF2N2O2/c12-11(13,14)7-6-9(17)15-16-10(18)8-4-2-1-3-5-8/h1-5H,6-7H2,(H,15,17)(H,16,18). The van der Waals surface area contributed by atoms with Crippen LogP contribution in [-0.4, -0.2) is 17.2 Å². The van der Waals surface area contributed by atoms with Crippen molar-refractivity contribution in [2.45, 2.75) is 18.2 Å². The number of amides is 2. The normalized spacial score (nSPS) is 10.8. The molecule has 0 saturated carbocycles. The number of benzene rings is 1. The molecule has 0 fully saturated rings. The maximum atomic E-state index is 12.2. The molecule has 0 radical (unpaired) electrons. The zero-order valence-corrected chi connectivity index (χ0v) is 10.0. The Morgan fingerprint density at radius 3 is 2.33 bits per heavy atom. The first kappa shape index (κ1) is 14.4. The molecule has 2 N–H and O–H groups in total. The molecule has 0 atom stereocenters. The van der Waals surface area contributed by atoms with Crippen LogP contribution < -0.4 is 10.9 Å². The molecule has 0 saturated heterocycles. The molecule has 0 heterocycles. The molecule has 7 heteroatoms. The van der Waals surface area contributed by atoms with Crippen molar-refractivity contribution in [3.63, 3.8) is 0 Å². The summed E-state index contributed by atoms with van der Waals surface area (Å²) in [5, 5.41) is -3.42. The van der Waals surface area contributed by atoms with Gasteiger partial charge in [-0.05, 0) is 23.7 Å². The topological polar surface area (TPSA) is 58.2 Å². The van der Waals surface area contributed by atoms with Crippen molar-refractivity contribution in [1.29, 1.82) is 0 Å². The molecule has 2 amide bonds. The highest BCUT2D eigenvalue weighted by atomic mass is 35.5. The van der Waals surface area contributed by atoms with E-state index in [1.165, 1.54) is 0 Å². The lowest BCUT2D eigenvalue weighted by Gasteiger charge is -2.09. The van der Waals surface area contributed by atoms with E-state index < -0.39 is 30.0 Å². The van der Waals surface area contributed by atoms with Crippen molar-refractivity contribution < 1.29 is 18.4 Å². The number of carbonyl (C=O) groups excluding carboxylic acids is 2. The number of halogens is 3. The number of carbonyl (C=O) groups is 2. The third-order valence-corrected chi connectivity index (χ3v) is 2.18. The number of hydrazine groups is 1. The molecule has 0 aliphatic rings. The highest BCUT2D eigenvalue weighted by Gasteiger charge is 2.25. The summed E-state index contributed by atoms with van der Waals surface area (Å²) in [6.07, 6.45) is -1.27. The molecule has 1 aromatic carbocycles. The molecule has 18 heavy (non-hydrogen) atoms. The number of hydrogen-bond donors (Lipinski definition) is 2. The van der Waals surface area contributed by atoms with Crippen molar-refractivity contribution in [2.75, 3.05) is 0 Å². The Morgan fingerprint density at radius 2 is 1.78 bits per heavy atom. The second-order valence-electron chi connectivity index (χ2n) is 3.48. The minimum atomic E-state index is -3.42. The van der Waals surface area contributed by atoms with E-state index in [-0.39, 0.29) is 0 Å². The maximum absolute atomic E-state index is 12.2. The number of alkyl halides is 3. The molecule has 0 aromatic heterocycles. The SMILES string of the molecule is O=C(CCC(F)(F)Cl)NNC(=O)c1ccccc1. The second kappa shape index (κ2) is 6.30. The van der Waals surface area contributed by atoms with E-state index in [2.05, 4.69) is 17.0 Å². The van der Waals surface area contributed by atoms with Gasteiger partial charge in [-0.15, -0.1) is 0 Å². The lowest BCUT2D eigenvalue weighted by molar-refractivity contribution is -0.122. The fourth-order valence-electron chi connectivity index (χ4n) is 1.11. The van der Waals surface area contributed by atoms with E-state index in [1.807, 2.05) is 5.43 Å². The van der Waals surface area contributed by atoms with E-state index in [9.17, 15) is 18.4 Å². The molecule has 0 unspecified atom stereocenters. The first-order valence-corrected chi connectivity index (χ1v) is 5.47. The first-order valence-electron chi connectivity index (χ1n) is 5.09. The van der Waals surface area contributed by atoms with Crippen LogP contribution in [0.25, 0.3) is 0 Å². The van der Waals surface area contributed by atoms with E-state index in [1.54, 1.807) is 30.3 Å². The minimum absolute atomic E-state index is 0.348. The molecular formula is C11H11ClF2N2O2. The Morgan fingerprint density at radius 1 is 1.17 bits per heavy atom. The highest BCUT2D eigenvalue weighted by molar-refractivity contribution is 6.21. The third kappa shape index (κ3) is 5.58. The predicted octanol–water partition coefficient (Wildman–Crippen LogP) is 2.06. The van der Waals surface area contributed by atoms with Gasteiger partial charge in [0.15, 0.2) is 0 Å². The third-order valence-electron chi connectivity index (χ3n) is 1.99. The number of nitrogens with one attached hydrogen (secondary N) is 2. The van der Waals surface area contributed by atoms with Gasteiger partial charge in [0.25, 0.3) is 5.91 Å². The van der Waals surface area contributed by atoms with Crippen LogP contribution in [0, 0.1) is 0 Å². The number of rotatable bonds is 4. The van der Waals surface area contributed by atoms with E-state index in [0.29, 0.717) is 5.56 Å². The Hall–Kier alpha value is -1.69. The Balaban J connectivity index is 2.33. The molecule has 0 aliphatic carbocycles. The lowest BCUT2D eigenvalue weighted by Crippen LogP contribution is -2.41. The summed E-state index contributed by atoms with van der Waals surface area (Å²) in [6, 6.07) is 8.15. The van der Waals surface area contributed by atoms with Gasteiger partial charge in [-0.2, -0.15) is 8.78 Å². The maximum Gasteiger partial charge on any atom is 0.322 e. The molecule has 98 valence electrons. The summed E-state index contributed by atoms with van der Waals surface area (Å²) in [5.74, 6) is -1.26. The van der Waals surface area contributed by atoms with Crippen LogP contribution in [0.1, 0.15) is 23.2 Å². The average molecular weight is 277 g/mol. The number of hydrogen-bond acceptors (Lipinski definition) is 2. The van der Waals surface area contributed by atoms with Gasteiger partial charge in [-0.3, -0.25) is 20.4 Å². The second-order valence-corrected chi connectivity index (χ2v) is 4.04. The zero-order valence-electron chi connectivity index (χ0n) is 9.25. The average Bonchev–Trinajstić information content (AvgIpc) is 2.33. The van der Waals surface area contributed by atoms with Gasteiger partial charge in [-0.1, -0.05) is 18.2 Å². The quantitative estimate of drug-likeness (QED) is 0.653. The summed E-state index contributed by atoms with van der Waals surface area (Å²) >= 11 is 4.64. The molecule has 4 nitrogen and oxygen atoms in total. The molecular weight excluding hydrogens is 266 g/mol. The summed E-state index contributed by atoms with van der Waals surface area (Å²) in [7, 11) is 0. The van der Waals surface area contributed by atoms with Gasteiger partial charge < -0.3 is 0 Å². The van der Waals surface area contributed by atoms with Crippen LogP contribution in [-0.2, 0) is 4.79 Å². The predicted molar refractivity (Wildman–Crippen MR) is 62.1 cm³/mol. The van der Waals surface area contributed by atoms with Crippen molar-refractivity contribution in [1.82, 2.24) is 10.9 Å². The minimum Gasteiger partial charge on any atom is -0.273 e. The van der Waals surface area contributed by atoms with Crippen molar-refractivity contribution >= 4 is 23.4 Å². The molecule has 1 rings (SSSR count). The molecule has 0 bridgehead atoms. The van der Waals surface area contributed by atoms with E-state index in [0.717, 1.165) is 0 Å². The van der Waals surface area contributed by atoms with Crippen molar-refractivity contribution in [2.24, 2.45) is 0 Å². The van der Waals surface area contributed by atoms with Gasteiger partial charge in [0, 0.05) is 18.4 Å². The Kier molecular flexibility index (Phi) is 5.03. The van der Waals surface area contributed by atoms with Crippen LogP contribution in [0.4, 0.5) is 8.78 Å². The Labute approximate surface area is 107 Å². The van der Waals surface area contributed by atoms with Gasteiger partial charge in [-0.25, -0.2) is 0 Å². The van der Waals surface area contributed by atoms with Crippen molar-refractivity contribution in [3.8, 4) is 0 Å². The van der Waals surface area contributed by atoms with E-state index >= 15 is 0 Å². The van der Waals surface area contributed by atoms with Crippen LogP contribution >= 0.6 is 11.6 Å². The summed E-state index contributed by atoms with van der Waals surface area (Å²) in [6.45, 7) is 0. The van der Waals surface area contributed by atoms with Crippen molar-refractivity contribution in [3.05, 3.63) is 35.9 Å². The fourth-order valence-corrected chi connectivity index (χ4v) is 1.20.